The van der Waals surface area contributed by atoms with Gasteiger partial charge >= 0.3 is 5.97 Å². The van der Waals surface area contributed by atoms with Crippen molar-refractivity contribution in [1.29, 1.82) is 0 Å². The van der Waals surface area contributed by atoms with Gasteiger partial charge in [0.15, 0.2) is 0 Å². The van der Waals surface area contributed by atoms with Crippen LogP contribution in [0.3, 0.4) is 0 Å². The van der Waals surface area contributed by atoms with Crippen molar-refractivity contribution in [3.05, 3.63) is 77.9 Å². The van der Waals surface area contributed by atoms with Crippen LogP contribution in [0.15, 0.2) is 61.2 Å². The molecule has 0 fully saturated rings. The highest BCUT2D eigenvalue weighted by Crippen LogP contribution is 2.22. The number of likely N-dealkylation sites (N-methyl/N-ethyl adjacent to an activating group) is 1. The van der Waals surface area contributed by atoms with E-state index in [1.165, 1.54) is 0 Å². The zero-order valence-electron chi connectivity index (χ0n) is 15.3. The maximum atomic E-state index is 11.9. The normalized spacial score (nSPS) is 12.1. The summed E-state index contributed by atoms with van der Waals surface area (Å²) in [6.45, 7) is 1.04. The van der Waals surface area contributed by atoms with E-state index >= 15 is 0 Å². The van der Waals surface area contributed by atoms with Crippen molar-refractivity contribution >= 4 is 5.97 Å². The minimum atomic E-state index is -0.912. The van der Waals surface area contributed by atoms with Crippen molar-refractivity contribution in [3.63, 3.8) is 0 Å². The van der Waals surface area contributed by atoms with Crippen LogP contribution in [-0.4, -0.2) is 44.9 Å². The lowest BCUT2D eigenvalue weighted by molar-refractivity contribution is -0.143. The summed E-state index contributed by atoms with van der Waals surface area (Å²) in [5.41, 5.74) is 2.65. The molecule has 0 aliphatic rings. The number of carbonyl (C=O) groups is 1. The van der Waals surface area contributed by atoms with Gasteiger partial charge in [-0.15, -0.1) is 0 Å². The number of methoxy groups -OCH3 is 1. The molecule has 3 aromatic rings. The molecule has 0 aliphatic carbocycles. The van der Waals surface area contributed by atoms with Gasteiger partial charge in [0.05, 0.1) is 19.9 Å². The molecule has 0 aliphatic heterocycles. The number of rotatable bonds is 8. The number of carboxylic acid groups (broad SMARTS) is 1. The number of carboxylic acids is 1. The topological polar surface area (TPSA) is 80.5 Å². The summed E-state index contributed by atoms with van der Waals surface area (Å²) in [6.07, 6.45) is 6.83. The molecule has 1 atom stereocenters. The highest BCUT2D eigenvalue weighted by Gasteiger charge is 2.26. The maximum Gasteiger partial charge on any atom is 0.325 e. The molecule has 7 heteroatoms. The molecule has 0 amide bonds. The number of pyridine rings is 1. The third kappa shape index (κ3) is 4.71. The Labute approximate surface area is 157 Å². The molecule has 1 aromatic carbocycles. The molecular formula is C20H22N4O3. The second-order valence-corrected chi connectivity index (χ2v) is 6.34. The summed E-state index contributed by atoms with van der Waals surface area (Å²) in [5, 5.41) is 14.1. The molecule has 0 spiro atoms. The smallest absolute Gasteiger partial charge is 0.325 e. The summed E-state index contributed by atoms with van der Waals surface area (Å²) in [6, 6.07) is 10.7. The van der Waals surface area contributed by atoms with Gasteiger partial charge in [0, 0.05) is 30.7 Å². The molecule has 2 heterocycles. The van der Waals surface area contributed by atoms with Gasteiger partial charge in [-0.3, -0.25) is 19.4 Å². The second-order valence-electron chi connectivity index (χ2n) is 6.34. The Hall–Kier alpha value is -3.19. The number of aromatic nitrogens is 3. The van der Waals surface area contributed by atoms with Crippen molar-refractivity contribution in [3.8, 4) is 5.75 Å². The van der Waals surface area contributed by atoms with E-state index in [1.807, 2.05) is 36.4 Å². The summed E-state index contributed by atoms with van der Waals surface area (Å²) >= 11 is 0. The van der Waals surface area contributed by atoms with E-state index in [0.717, 1.165) is 16.9 Å². The Kier molecular flexibility index (Phi) is 5.83. The van der Waals surface area contributed by atoms with Crippen LogP contribution >= 0.6 is 0 Å². The molecule has 0 saturated heterocycles. The van der Waals surface area contributed by atoms with Crippen molar-refractivity contribution < 1.29 is 14.6 Å². The van der Waals surface area contributed by atoms with E-state index in [4.69, 9.17) is 4.74 Å². The zero-order chi connectivity index (χ0) is 19.2. The Morgan fingerprint density at radius 1 is 1.22 bits per heavy atom. The molecule has 3 rings (SSSR count). The zero-order valence-corrected chi connectivity index (χ0v) is 15.3. The third-order valence-corrected chi connectivity index (χ3v) is 4.30. The fourth-order valence-electron chi connectivity index (χ4n) is 2.98. The first-order valence-electron chi connectivity index (χ1n) is 8.54. The summed E-state index contributed by atoms with van der Waals surface area (Å²) < 4.78 is 6.90. The SMILES string of the molecule is COc1ccc(Cn2cc([C@@H](C(=O)O)N(C)Cc3cccnc3)cn2)cc1. The lowest BCUT2D eigenvalue weighted by atomic mass is 10.1. The van der Waals surface area contributed by atoms with Crippen LogP contribution in [-0.2, 0) is 17.9 Å². The minimum absolute atomic E-state index is 0.481. The van der Waals surface area contributed by atoms with E-state index in [0.29, 0.717) is 18.7 Å². The highest BCUT2D eigenvalue weighted by atomic mass is 16.5. The van der Waals surface area contributed by atoms with Gasteiger partial charge in [0.25, 0.3) is 0 Å². The van der Waals surface area contributed by atoms with Crippen LogP contribution < -0.4 is 4.74 Å². The minimum Gasteiger partial charge on any atom is -0.497 e. The molecule has 2 aromatic heterocycles. The standard InChI is InChI=1S/C20H22N4O3/c1-23(12-16-4-3-9-21-10-16)19(20(25)26)17-11-22-24(14-17)13-15-5-7-18(27-2)8-6-15/h3-11,14,19H,12-13H2,1-2H3,(H,25,26)/t19-/m0/s1. The molecule has 27 heavy (non-hydrogen) atoms. The van der Waals surface area contributed by atoms with Crippen LogP contribution in [0.5, 0.6) is 5.75 Å². The van der Waals surface area contributed by atoms with E-state index in [-0.39, 0.29) is 0 Å². The number of hydrogen-bond acceptors (Lipinski definition) is 5. The maximum absolute atomic E-state index is 11.9. The van der Waals surface area contributed by atoms with E-state index in [2.05, 4.69) is 10.1 Å². The predicted octanol–water partition coefficient (Wildman–Crippen LogP) is 2.59. The molecule has 0 bridgehead atoms. The number of hydrogen-bond donors (Lipinski definition) is 1. The van der Waals surface area contributed by atoms with E-state index < -0.39 is 12.0 Å². The van der Waals surface area contributed by atoms with E-state index in [1.54, 1.807) is 48.5 Å². The monoisotopic (exact) mass is 366 g/mol. The lowest BCUT2D eigenvalue weighted by Crippen LogP contribution is -2.30. The van der Waals surface area contributed by atoms with Gasteiger partial charge in [0.2, 0.25) is 0 Å². The molecule has 0 unspecified atom stereocenters. The van der Waals surface area contributed by atoms with E-state index in [9.17, 15) is 9.90 Å². The van der Waals surface area contributed by atoms with Gasteiger partial charge in [0.1, 0.15) is 11.8 Å². The first-order chi connectivity index (χ1) is 13.1. The summed E-state index contributed by atoms with van der Waals surface area (Å²) in [4.78, 5) is 17.7. The molecular weight excluding hydrogens is 344 g/mol. The van der Waals surface area contributed by atoms with Crippen molar-refractivity contribution in [2.45, 2.75) is 19.1 Å². The second kappa shape index (κ2) is 8.46. The first-order valence-corrected chi connectivity index (χ1v) is 8.54. The Bertz CT molecular complexity index is 878. The average molecular weight is 366 g/mol. The molecule has 0 saturated carbocycles. The van der Waals surface area contributed by atoms with Crippen molar-refractivity contribution in [1.82, 2.24) is 19.7 Å². The number of ether oxygens (including phenoxy) is 1. The molecule has 1 N–H and O–H groups in total. The summed E-state index contributed by atoms with van der Waals surface area (Å²) in [5.74, 6) is -0.117. The molecule has 0 radical (unpaired) electrons. The van der Waals surface area contributed by atoms with Gasteiger partial charge in [-0.25, -0.2) is 0 Å². The van der Waals surface area contributed by atoms with Gasteiger partial charge < -0.3 is 9.84 Å². The lowest BCUT2D eigenvalue weighted by Gasteiger charge is -2.23. The van der Waals surface area contributed by atoms with Crippen LogP contribution in [0.2, 0.25) is 0 Å². The Morgan fingerprint density at radius 3 is 2.63 bits per heavy atom. The van der Waals surface area contributed by atoms with Crippen molar-refractivity contribution in [2.75, 3.05) is 14.2 Å². The summed E-state index contributed by atoms with van der Waals surface area (Å²) in [7, 11) is 3.41. The largest absolute Gasteiger partial charge is 0.497 e. The number of benzene rings is 1. The van der Waals surface area contributed by atoms with Gasteiger partial charge in [-0.1, -0.05) is 18.2 Å². The molecule has 140 valence electrons. The quantitative estimate of drug-likeness (QED) is 0.660. The fourth-order valence-corrected chi connectivity index (χ4v) is 2.98. The third-order valence-electron chi connectivity index (χ3n) is 4.30. The van der Waals surface area contributed by atoms with Gasteiger partial charge in [-0.2, -0.15) is 5.10 Å². The molecule has 7 nitrogen and oxygen atoms in total. The first kappa shape index (κ1) is 18.6. The number of aliphatic carboxylic acids is 1. The fraction of sp³-hybridized carbons (Fsp3) is 0.250. The Morgan fingerprint density at radius 2 is 2.00 bits per heavy atom. The Balaban J connectivity index is 1.73. The highest BCUT2D eigenvalue weighted by molar-refractivity contribution is 5.75. The predicted molar refractivity (Wildman–Crippen MR) is 100 cm³/mol. The van der Waals surface area contributed by atoms with Crippen LogP contribution in [0.25, 0.3) is 0 Å². The van der Waals surface area contributed by atoms with Crippen molar-refractivity contribution in [2.24, 2.45) is 0 Å². The number of nitrogens with zero attached hydrogens (tertiary/aromatic N) is 4. The average Bonchev–Trinajstić information content (AvgIpc) is 3.10. The van der Waals surface area contributed by atoms with Crippen LogP contribution in [0.1, 0.15) is 22.7 Å². The van der Waals surface area contributed by atoms with Gasteiger partial charge in [-0.05, 0) is 36.4 Å². The van der Waals surface area contributed by atoms with Crippen LogP contribution in [0, 0.1) is 0 Å². The van der Waals surface area contributed by atoms with Crippen LogP contribution in [0.4, 0.5) is 0 Å².